The molecule has 0 nitrogen and oxygen atoms in total. The molecule has 0 aromatic heterocycles. The van der Waals surface area contributed by atoms with E-state index in [-0.39, 0.29) is 0 Å². The minimum absolute atomic E-state index is 1.17. The van der Waals surface area contributed by atoms with Gasteiger partial charge in [0.2, 0.25) is 0 Å². The van der Waals surface area contributed by atoms with Crippen LogP contribution in [0.25, 0.3) is 122 Å². The van der Waals surface area contributed by atoms with Gasteiger partial charge in [-0.1, -0.05) is 261 Å². The van der Waals surface area contributed by atoms with E-state index >= 15 is 0 Å². The average Bonchev–Trinajstić information content (AvgIpc) is 3.39. The molecule has 0 radical (unpaired) electrons. The number of hydrogen-bond donors (Lipinski definition) is 0. The third-order valence-electron chi connectivity index (χ3n) is 13.3. The van der Waals surface area contributed by atoms with E-state index in [1.807, 2.05) is 0 Å². The van der Waals surface area contributed by atoms with E-state index in [4.69, 9.17) is 0 Å². The Morgan fingerprint density at radius 1 is 0.167 bits per heavy atom. The van der Waals surface area contributed by atoms with E-state index in [2.05, 4.69) is 267 Å². The van der Waals surface area contributed by atoms with Gasteiger partial charge in [0.05, 0.1) is 0 Å². The molecule has 12 aromatic carbocycles. The summed E-state index contributed by atoms with van der Waals surface area (Å²) in [7, 11) is 0. The van der Waals surface area contributed by atoms with E-state index < -0.39 is 0 Å². The lowest BCUT2D eigenvalue weighted by atomic mass is 9.85. The molecule has 0 aliphatic carbocycles. The molecule has 0 bridgehead atoms. The predicted octanol–water partition coefficient (Wildman–Crippen LogP) is 18.5. The molecule has 66 heavy (non-hydrogen) atoms. The highest BCUT2D eigenvalue weighted by molar-refractivity contribution is 6.22. The van der Waals surface area contributed by atoms with Crippen molar-refractivity contribution >= 4 is 55.2 Å². The lowest BCUT2D eigenvalue weighted by molar-refractivity contribution is 1.59. The van der Waals surface area contributed by atoms with Gasteiger partial charge in [-0.3, -0.25) is 0 Å². The molecule has 0 spiro atoms. The van der Waals surface area contributed by atoms with E-state index in [1.54, 1.807) is 0 Å². The van der Waals surface area contributed by atoms with Gasteiger partial charge in [-0.2, -0.15) is 0 Å². The number of fused-ring (bicyclic) bond motifs is 4. The molecule has 0 heteroatoms. The molecule has 0 fully saturated rings. The molecule has 0 N–H and O–H groups in total. The summed E-state index contributed by atoms with van der Waals surface area (Å²) in [6.07, 6.45) is 4.40. The smallest absolute Gasteiger partial charge is 0.00262 e. The quantitative estimate of drug-likeness (QED) is 0.106. The van der Waals surface area contributed by atoms with Crippen LogP contribution in [0.4, 0.5) is 0 Å². The van der Waals surface area contributed by atoms with Crippen LogP contribution < -0.4 is 0 Å². The lowest BCUT2D eigenvalue weighted by Gasteiger charge is -2.18. The van der Waals surface area contributed by atoms with Gasteiger partial charge in [0, 0.05) is 0 Å². The highest BCUT2D eigenvalue weighted by atomic mass is 14.2. The van der Waals surface area contributed by atoms with E-state index in [1.165, 1.54) is 121 Å². The monoisotopic (exact) mass is 836 g/mol. The molecule has 0 aliphatic heterocycles. The molecular weight excluding hydrogens is 793 g/mol. The first-order valence-electron chi connectivity index (χ1n) is 22.8. The SMILES string of the molecule is C(=Cc1ccc(-c2cccc(-c3c4ccccc4c(-c4ccccc4)c4ccccc34)c2)cc1)c1ccc(-c2ccc(-c3c4ccccc4c(-c4ccccc4)c4ccccc34)cc2)cc1. The Hall–Kier alpha value is -8.58. The van der Waals surface area contributed by atoms with Gasteiger partial charge in [0.25, 0.3) is 0 Å². The van der Waals surface area contributed by atoms with Crippen molar-refractivity contribution in [3.8, 4) is 66.8 Å². The highest BCUT2D eigenvalue weighted by Crippen LogP contribution is 2.46. The van der Waals surface area contributed by atoms with Gasteiger partial charge in [-0.15, -0.1) is 0 Å². The average molecular weight is 837 g/mol. The van der Waals surface area contributed by atoms with Crippen molar-refractivity contribution in [1.29, 1.82) is 0 Å². The minimum Gasteiger partial charge on any atom is -0.0622 e. The first kappa shape index (κ1) is 39.0. The zero-order valence-electron chi connectivity index (χ0n) is 36.4. The van der Waals surface area contributed by atoms with Gasteiger partial charge in [0.15, 0.2) is 0 Å². The number of rotatable bonds is 8. The van der Waals surface area contributed by atoms with Crippen LogP contribution in [0, 0.1) is 0 Å². The van der Waals surface area contributed by atoms with Crippen molar-refractivity contribution in [3.05, 3.63) is 266 Å². The summed E-state index contributed by atoms with van der Waals surface area (Å²) < 4.78 is 0. The van der Waals surface area contributed by atoms with Crippen LogP contribution in [0.1, 0.15) is 11.1 Å². The second kappa shape index (κ2) is 16.8. The van der Waals surface area contributed by atoms with Gasteiger partial charge >= 0.3 is 0 Å². The predicted molar refractivity (Wildman–Crippen MR) is 284 cm³/mol. The Kier molecular flexibility index (Phi) is 9.97. The molecule has 0 atom stereocenters. The topological polar surface area (TPSA) is 0 Å². The molecule has 12 rings (SSSR count). The standard InChI is InChI=1S/C66H44/c1-3-16-50(17-4-1)63-55-22-7-9-24-57(55)65(58-25-10-8-23-56(58)63)52-42-40-48(41-43-52)47-36-32-45(33-37-47)30-31-46-34-38-49(39-35-46)53-20-15-21-54(44-53)66-61-28-13-11-26-59(61)64(51-18-5-2-6-19-51)60-27-12-14-29-62(60)66/h1-44H. The molecule has 12 aromatic rings. The van der Waals surface area contributed by atoms with Gasteiger partial charge in [-0.05, 0) is 127 Å². The first-order valence-corrected chi connectivity index (χ1v) is 22.8. The van der Waals surface area contributed by atoms with Crippen molar-refractivity contribution < 1.29 is 0 Å². The highest BCUT2D eigenvalue weighted by Gasteiger charge is 2.18. The molecule has 0 amide bonds. The molecule has 0 saturated carbocycles. The molecule has 0 unspecified atom stereocenters. The van der Waals surface area contributed by atoms with Crippen molar-refractivity contribution in [2.75, 3.05) is 0 Å². The van der Waals surface area contributed by atoms with Crippen LogP contribution in [-0.2, 0) is 0 Å². The third-order valence-corrected chi connectivity index (χ3v) is 13.3. The summed E-state index contributed by atoms with van der Waals surface area (Å²) in [6.45, 7) is 0. The molecular formula is C66H44. The Bertz CT molecular complexity index is 3630. The lowest BCUT2D eigenvalue weighted by Crippen LogP contribution is -1.91. The summed E-state index contributed by atoms with van der Waals surface area (Å²) in [5, 5.41) is 10.2. The maximum atomic E-state index is 2.35. The second-order valence-corrected chi connectivity index (χ2v) is 17.1. The number of benzene rings is 12. The van der Waals surface area contributed by atoms with E-state index in [0.29, 0.717) is 0 Å². The summed E-state index contributed by atoms with van der Waals surface area (Å²) in [5.41, 5.74) is 17.2. The molecule has 0 heterocycles. The van der Waals surface area contributed by atoms with Crippen LogP contribution in [0.15, 0.2) is 255 Å². The fourth-order valence-corrected chi connectivity index (χ4v) is 10.2. The zero-order chi connectivity index (χ0) is 43.8. The first-order chi connectivity index (χ1) is 32.7. The van der Waals surface area contributed by atoms with Crippen molar-refractivity contribution in [2.45, 2.75) is 0 Å². The van der Waals surface area contributed by atoms with Crippen LogP contribution in [0.2, 0.25) is 0 Å². The van der Waals surface area contributed by atoms with Gasteiger partial charge in [0.1, 0.15) is 0 Å². The third kappa shape index (κ3) is 7.06. The largest absolute Gasteiger partial charge is 0.0622 e. The molecule has 0 saturated heterocycles. The van der Waals surface area contributed by atoms with Gasteiger partial charge in [-0.25, -0.2) is 0 Å². The Morgan fingerprint density at radius 3 is 0.773 bits per heavy atom. The van der Waals surface area contributed by atoms with Gasteiger partial charge < -0.3 is 0 Å². The van der Waals surface area contributed by atoms with Crippen LogP contribution in [0.3, 0.4) is 0 Å². The molecule has 0 aliphatic rings. The van der Waals surface area contributed by atoms with Crippen LogP contribution in [0.5, 0.6) is 0 Å². The number of hydrogen-bond acceptors (Lipinski definition) is 0. The summed E-state index contributed by atoms with van der Waals surface area (Å²) >= 11 is 0. The summed E-state index contributed by atoms with van der Waals surface area (Å²) in [6, 6.07) is 92.9. The second-order valence-electron chi connectivity index (χ2n) is 17.1. The minimum atomic E-state index is 1.17. The van der Waals surface area contributed by atoms with Crippen molar-refractivity contribution in [2.24, 2.45) is 0 Å². The van der Waals surface area contributed by atoms with E-state index in [9.17, 15) is 0 Å². The fourth-order valence-electron chi connectivity index (χ4n) is 10.2. The van der Waals surface area contributed by atoms with E-state index in [0.717, 1.165) is 0 Å². The van der Waals surface area contributed by atoms with Crippen molar-refractivity contribution in [1.82, 2.24) is 0 Å². The summed E-state index contributed by atoms with van der Waals surface area (Å²) in [5.74, 6) is 0. The molecule has 308 valence electrons. The Morgan fingerprint density at radius 2 is 0.409 bits per heavy atom. The van der Waals surface area contributed by atoms with Crippen molar-refractivity contribution in [3.63, 3.8) is 0 Å². The normalized spacial score (nSPS) is 11.6. The Balaban J connectivity index is 0.794. The fraction of sp³-hybridized carbons (Fsp3) is 0. The van der Waals surface area contributed by atoms with Crippen LogP contribution in [-0.4, -0.2) is 0 Å². The Labute approximate surface area is 386 Å². The maximum Gasteiger partial charge on any atom is -0.00262 e. The zero-order valence-corrected chi connectivity index (χ0v) is 36.4. The summed E-state index contributed by atoms with van der Waals surface area (Å²) in [4.78, 5) is 0. The van der Waals surface area contributed by atoms with Crippen LogP contribution >= 0.6 is 0 Å². The maximum absolute atomic E-state index is 2.35.